The molecule has 0 saturated carbocycles. The van der Waals surface area contributed by atoms with Crippen LogP contribution in [0.25, 0.3) is 0 Å². The molecule has 0 saturated heterocycles. The lowest BCUT2D eigenvalue weighted by Crippen LogP contribution is -2.00. The van der Waals surface area contributed by atoms with Crippen molar-refractivity contribution in [1.29, 1.82) is 0 Å². The number of rotatable bonds is 4. The van der Waals surface area contributed by atoms with Crippen LogP contribution in [0, 0.1) is 0 Å². The molecule has 0 unspecified atom stereocenters. The molecule has 66 valence electrons. The maximum Gasteiger partial charge on any atom is 0.173 e. The SMILES string of the molecule is C\C=C/C=C(\C=C/C)C(=O)CBr. The normalized spacial score (nSPS) is 13.1. The lowest BCUT2D eigenvalue weighted by atomic mass is 10.1. The number of halogens is 1. The Kier molecular flexibility index (Phi) is 6.67. The Hall–Kier alpha value is -0.630. The average molecular weight is 229 g/mol. The summed E-state index contributed by atoms with van der Waals surface area (Å²) in [6.45, 7) is 3.81. The van der Waals surface area contributed by atoms with Crippen LogP contribution in [0.4, 0.5) is 0 Å². The van der Waals surface area contributed by atoms with E-state index < -0.39 is 0 Å². The van der Waals surface area contributed by atoms with Crippen molar-refractivity contribution in [2.24, 2.45) is 0 Å². The van der Waals surface area contributed by atoms with E-state index in [4.69, 9.17) is 0 Å². The molecule has 0 atom stereocenters. The van der Waals surface area contributed by atoms with E-state index >= 15 is 0 Å². The fourth-order valence-corrected chi connectivity index (χ4v) is 1.02. The summed E-state index contributed by atoms with van der Waals surface area (Å²) in [6.07, 6.45) is 9.23. The summed E-state index contributed by atoms with van der Waals surface area (Å²) in [5, 5.41) is 0.376. The predicted molar refractivity (Wildman–Crippen MR) is 56.5 cm³/mol. The second kappa shape index (κ2) is 7.04. The van der Waals surface area contributed by atoms with E-state index in [0.29, 0.717) is 5.33 Å². The van der Waals surface area contributed by atoms with Crippen molar-refractivity contribution in [2.75, 3.05) is 5.33 Å². The Morgan fingerprint density at radius 2 is 2.00 bits per heavy atom. The van der Waals surface area contributed by atoms with E-state index in [2.05, 4.69) is 15.9 Å². The first-order valence-corrected chi connectivity index (χ1v) is 4.93. The molecular weight excluding hydrogens is 216 g/mol. The Morgan fingerprint density at radius 3 is 2.42 bits per heavy atom. The maximum absolute atomic E-state index is 11.2. The minimum atomic E-state index is 0.103. The topological polar surface area (TPSA) is 17.1 Å². The molecule has 0 aliphatic carbocycles. The van der Waals surface area contributed by atoms with Crippen LogP contribution in [-0.4, -0.2) is 11.1 Å². The molecule has 0 bridgehead atoms. The third-order valence-electron chi connectivity index (χ3n) is 1.26. The second-order valence-electron chi connectivity index (χ2n) is 2.20. The molecule has 0 rings (SSSR count). The highest BCUT2D eigenvalue weighted by atomic mass is 79.9. The Balaban J connectivity index is 4.53. The van der Waals surface area contributed by atoms with Crippen LogP contribution in [0.15, 0.2) is 36.0 Å². The summed E-state index contributed by atoms with van der Waals surface area (Å²) in [5.41, 5.74) is 0.729. The van der Waals surface area contributed by atoms with Gasteiger partial charge in [0.15, 0.2) is 5.78 Å². The minimum absolute atomic E-state index is 0.103. The van der Waals surface area contributed by atoms with E-state index in [1.807, 2.05) is 44.2 Å². The van der Waals surface area contributed by atoms with Gasteiger partial charge in [0.1, 0.15) is 0 Å². The lowest BCUT2D eigenvalue weighted by molar-refractivity contribution is -0.112. The number of alkyl halides is 1. The predicted octanol–water partition coefficient (Wildman–Crippen LogP) is 3.03. The minimum Gasteiger partial charge on any atom is -0.293 e. The third-order valence-corrected chi connectivity index (χ3v) is 1.77. The first-order chi connectivity index (χ1) is 5.76. The molecule has 2 heteroatoms. The molecule has 0 aliphatic rings. The van der Waals surface area contributed by atoms with Crippen LogP contribution in [0.5, 0.6) is 0 Å². The first-order valence-electron chi connectivity index (χ1n) is 3.81. The maximum atomic E-state index is 11.2. The Bertz CT molecular complexity index is 224. The van der Waals surface area contributed by atoms with Crippen molar-refractivity contribution in [3.63, 3.8) is 0 Å². The molecule has 0 amide bonds. The molecule has 0 spiro atoms. The molecule has 0 radical (unpaired) electrons. The molecule has 1 nitrogen and oxygen atoms in total. The number of hydrogen-bond donors (Lipinski definition) is 0. The van der Waals surface area contributed by atoms with E-state index in [0.717, 1.165) is 5.57 Å². The number of allylic oxidation sites excluding steroid dienone is 6. The summed E-state index contributed by atoms with van der Waals surface area (Å²) >= 11 is 3.13. The second-order valence-corrected chi connectivity index (χ2v) is 2.77. The van der Waals surface area contributed by atoms with Crippen molar-refractivity contribution >= 4 is 21.7 Å². The van der Waals surface area contributed by atoms with Gasteiger partial charge >= 0.3 is 0 Å². The van der Waals surface area contributed by atoms with Gasteiger partial charge in [-0.05, 0) is 13.8 Å². The number of Topliss-reactive ketones (excluding diaryl/α,β-unsaturated/α-hetero) is 1. The van der Waals surface area contributed by atoms with Crippen LogP contribution < -0.4 is 0 Å². The van der Waals surface area contributed by atoms with E-state index in [1.165, 1.54) is 0 Å². The monoisotopic (exact) mass is 228 g/mol. The molecule has 0 fully saturated rings. The smallest absolute Gasteiger partial charge is 0.173 e. The molecule has 0 aromatic carbocycles. The number of hydrogen-bond acceptors (Lipinski definition) is 1. The van der Waals surface area contributed by atoms with Gasteiger partial charge in [-0.25, -0.2) is 0 Å². The zero-order valence-corrected chi connectivity index (χ0v) is 8.97. The summed E-state index contributed by atoms with van der Waals surface area (Å²) in [5.74, 6) is 0.103. The summed E-state index contributed by atoms with van der Waals surface area (Å²) in [6, 6.07) is 0. The third kappa shape index (κ3) is 4.29. The quantitative estimate of drug-likeness (QED) is 0.411. The van der Waals surface area contributed by atoms with Crippen LogP contribution in [0.1, 0.15) is 13.8 Å². The average Bonchev–Trinajstić information content (AvgIpc) is 2.11. The van der Waals surface area contributed by atoms with Crippen LogP contribution >= 0.6 is 15.9 Å². The van der Waals surface area contributed by atoms with Crippen molar-refractivity contribution in [3.8, 4) is 0 Å². The molecule has 0 aromatic rings. The van der Waals surface area contributed by atoms with Gasteiger partial charge in [-0.2, -0.15) is 0 Å². The fourth-order valence-electron chi connectivity index (χ4n) is 0.698. The van der Waals surface area contributed by atoms with Gasteiger partial charge in [-0.1, -0.05) is 46.3 Å². The lowest BCUT2D eigenvalue weighted by Gasteiger charge is -1.94. The summed E-state index contributed by atoms with van der Waals surface area (Å²) in [7, 11) is 0. The largest absolute Gasteiger partial charge is 0.293 e. The van der Waals surface area contributed by atoms with Gasteiger partial charge in [0.05, 0.1) is 5.33 Å². The van der Waals surface area contributed by atoms with Gasteiger partial charge in [-0.3, -0.25) is 4.79 Å². The Labute approximate surface area is 82.0 Å². The molecule has 0 N–H and O–H groups in total. The van der Waals surface area contributed by atoms with Gasteiger partial charge in [0, 0.05) is 5.57 Å². The standard InChI is InChI=1S/C10H13BrO/c1-3-5-7-9(6-4-2)10(12)8-11/h3-7H,8H2,1-2H3/b5-3-,6-4-,9-7+. The van der Waals surface area contributed by atoms with Gasteiger partial charge in [0.25, 0.3) is 0 Å². The van der Waals surface area contributed by atoms with Crippen molar-refractivity contribution in [3.05, 3.63) is 36.0 Å². The highest BCUT2D eigenvalue weighted by Gasteiger charge is 2.01. The van der Waals surface area contributed by atoms with Crippen molar-refractivity contribution < 1.29 is 4.79 Å². The molecular formula is C10H13BrO. The van der Waals surface area contributed by atoms with E-state index in [-0.39, 0.29) is 5.78 Å². The van der Waals surface area contributed by atoms with Crippen molar-refractivity contribution in [1.82, 2.24) is 0 Å². The van der Waals surface area contributed by atoms with Gasteiger partial charge < -0.3 is 0 Å². The number of ketones is 1. The number of carbonyl (C=O) groups is 1. The molecule has 12 heavy (non-hydrogen) atoms. The zero-order chi connectivity index (χ0) is 9.40. The van der Waals surface area contributed by atoms with Gasteiger partial charge in [0.2, 0.25) is 0 Å². The summed E-state index contributed by atoms with van der Waals surface area (Å²) < 4.78 is 0. The van der Waals surface area contributed by atoms with E-state index in [9.17, 15) is 4.79 Å². The van der Waals surface area contributed by atoms with Crippen LogP contribution in [-0.2, 0) is 4.79 Å². The highest BCUT2D eigenvalue weighted by Crippen LogP contribution is 2.02. The molecule has 0 heterocycles. The van der Waals surface area contributed by atoms with Crippen LogP contribution in [0.2, 0.25) is 0 Å². The zero-order valence-electron chi connectivity index (χ0n) is 7.38. The van der Waals surface area contributed by atoms with E-state index in [1.54, 1.807) is 0 Å². The number of carbonyl (C=O) groups excluding carboxylic acids is 1. The molecule has 0 aliphatic heterocycles. The Morgan fingerprint density at radius 1 is 1.33 bits per heavy atom. The first kappa shape index (κ1) is 11.4. The fraction of sp³-hybridized carbons (Fsp3) is 0.300. The van der Waals surface area contributed by atoms with Crippen LogP contribution in [0.3, 0.4) is 0 Å². The van der Waals surface area contributed by atoms with Gasteiger partial charge in [-0.15, -0.1) is 0 Å². The summed E-state index contributed by atoms with van der Waals surface area (Å²) in [4.78, 5) is 11.2. The highest BCUT2D eigenvalue weighted by molar-refractivity contribution is 9.09. The molecule has 0 aromatic heterocycles. The van der Waals surface area contributed by atoms with Crippen molar-refractivity contribution in [2.45, 2.75) is 13.8 Å².